The van der Waals surface area contributed by atoms with Gasteiger partial charge in [-0.2, -0.15) is 22.0 Å². The van der Waals surface area contributed by atoms with Crippen LogP contribution in [0.5, 0.6) is 0 Å². The van der Waals surface area contributed by atoms with Gasteiger partial charge in [0.15, 0.2) is 23.3 Å². The number of unbranched alkanes of at least 4 members (excludes halogenated alkanes) is 6. The Labute approximate surface area is 195 Å². The zero-order chi connectivity index (χ0) is 26.8. The van der Waals surface area contributed by atoms with Crippen LogP contribution in [0.1, 0.15) is 51.9 Å². The van der Waals surface area contributed by atoms with E-state index in [0.717, 1.165) is 44.2 Å². The molecule has 198 valence electrons. The van der Waals surface area contributed by atoms with Gasteiger partial charge in [0.25, 0.3) is 0 Å². The second-order valence-electron chi connectivity index (χ2n) is 7.55. The number of halogens is 11. The van der Waals surface area contributed by atoms with Crippen molar-refractivity contribution < 1.29 is 48.3 Å². The van der Waals surface area contributed by atoms with Crippen LogP contribution in [0.25, 0.3) is 11.1 Å². The molecule has 35 heavy (non-hydrogen) atoms. The van der Waals surface area contributed by atoms with Crippen LogP contribution in [0.2, 0.25) is 0 Å². The van der Waals surface area contributed by atoms with E-state index in [1.165, 1.54) is 17.4 Å². The van der Waals surface area contributed by atoms with Crippen LogP contribution in [-0.4, -0.2) is 18.8 Å². The third kappa shape index (κ3) is 8.66. The fourth-order valence-corrected chi connectivity index (χ4v) is 2.93. The summed E-state index contributed by atoms with van der Waals surface area (Å²) in [5.41, 5.74) is -1.96. The minimum Gasteiger partial charge on any atom is -0.250 e. The summed E-state index contributed by atoms with van der Waals surface area (Å²) in [6.45, 7) is 1.78. The number of hydrogen-bond donors (Lipinski definition) is 1. The van der Waals surface area contributed by atoms with E-state index in [1.807, 2.05) is 0 Å². The molecule has 0 aromatic heterocycles. The Morgan fingerprint density at radius 1 is 0.629 bits per heavy atom. The Morgan fingerprint density at radius 2 is 1.09 bits per heavy atom. The number of alkyl halides is 5. The highest BCUT2D eigenvalue weighted by molar-refractivity contribution is 5.65. The molecule has 0 radical (unpaired) electrons. The quantitative estimate of drug-likeness (QED) is 0.108. The minimum absolute atomic E-state index is 0.305. The molecule has 0 heterocycles. The van der Waals surface area contributed by atoms with E-state index in [2.05, 4.69) is 6.92 Å². The van der Waals surface area contributed by atoms with Crippen molar-refractivity contribution in [3.05, 3.63) is 59.2 Å². The molecule has 0 aliphatic heterocycles. The third-order valence-electron chi connectivity index (χ3n) is 4.84. The summed E-state index contributed by atoms with van der Waals surface area (Å²) in [5.74, 6) is -11.7. The van der Waals surface area contributed by atoms with Gasteiger partial charge in [0.05, 0.1) is 5.56 Å². The second kappa shape index (κ2) is 13.6. The molecule has 0 saturated heterocycles. The molecule has 0 saturated carbocycles. The first-order valence-electron chi connectivity index (χ1n) is 10.7. The summed E-state index contributed by atoms with van der Waals surface area (Å²) in [4.78, 5) is 0. The number of rotatable bonds is 10. The summed E-state index contributed by atoms with van der Waals surface area (Å²) in [5, 5.41) is 1.24. The lowest BCUT2D eigenvalue weighted by molar-refractivity contribution is -0.295. The van der Waals surface area contributed by atoms with E-state index in [4.69, 9.17) is 0 Å². The third-order valence-corrected chi connectivity index (χ3v) is 4.84. The SMILES string of the molecule is CCCCCCCCCNC(F)(F)C(F)(F)F.Fc1ccccc1-c1c(F)c(F)c(F)c(F)c1F. The van der Waals surface area contributed by atoms with Crippen LogP contribution < -0.4 is 5.32 Å². The summed E-state index contributed by atoms with van der Waals surface area (Å²) in [6.07, 6.45) is 0.797. The summed E-state index contributed by atoms with van der Waals surface area (Å²) < 4.78 is 139. The molecule has 12 heteroatoms. The molecular weight excluding hydrogens is 499 g/mol. The van der Waals surface area contributed by atoms with E-state index < -0.39 is 58.3 Å². The van der Waals surface area contributed by atoms with Gasteiger partial charge < -0.3 is 0 Å². The first kappa shape index (κ1) is 30.7. The monoisotopic (exact) mass is 523 g/mol. The number of benzene rings is 2. The summed E-state index contributed by atoms with van der Waals surface area (Å²) in [7, 11) is 0. The summed E-state index contributed by atoms with van der Waals surface area (Å²) in [6, 6.07) is -0.544. The molecule has 2 aromatic rings. The van der Waals surface area contributed by atoms with Crippen molar-refractivity contribution in [2.45, 2.75) is 64.1 Å². The van der Waals surface area contributed by atoms with Crippen molar-refractivity contribution in [2.24, 2.45) is 0 Å². The highest BCUT2D eigenvalue weighted by Crippen LogP contribution is 2.33. The molecule has 0 fully saturated rings. The predicted octanol–water partition coefficient (Wildman–Crippen LogP) is 8.67. The standard InChI is InChI=1S/C12H4F6.C11H20F5N/c13-6-4-2-1-3-5(6)7-8(14)10(16)12(18)11(17)9(7)15;1-2-3-4-5-6-7-8-9-17-11(15,16)10(12,13)14/h1-4H;17H,2-9H2,1H3. The van der Waals surface area contributed by atoms with Crippen molar-refractivity contribution in [2.75, 3.05) is 6.54 Å². The molecule has 0 aliphatic carbocycles. The lowest BCUT2D eigenvalue weighted by Crippen LogP contribution is -2.49. The van der Waals surface area contributed by atoms with Crippen LogP contribution in [0.15, 0.2) is 24.3 Å². The van der Waals surface area contributed by atoms with Crippen LogP contribution in [-0.2, 0) is 0 Å². The molecule has 2 rings (SSSR count). The van der Waals surface area contributed by atoms with Gasteiger partial charge in [-0.3, -0.25) is 5.32 Å². The molecule has 0 aliphatic rings. The van der Waals surface area contributed by atoms with Gasteiger partial charge in [-0.05, 0) is 12.5 Å². The van der Waals surface area contributed by atoms with Gasteiger partial charge in [0.2, 0.25) is 5.82 Å². The van der Waals surface area contributed by atoms with Crippen LogP contribution >= 0.6 is 0 Å². The van der Waals surface area contributed by atoms with Gasteiger partial charge in [-0.15, -0.1) is 0 Å². The van der Waals surface area contributed by atoms with Gasteiger partial charge in [-0.1, -0.05) is 63.6 Å². The average molecular weight is 523 g/mol. The average Bonchev–Trinajstić information content (AvgIpc) is 2.79. The molecule has 0 spiro atoms. The Balaban J connectivity index is 0.000000351. The van der Waals surface area contributed by atoms with Crippen molar-refractivity contribution in [3.63, 3.8) is 0 Å². The van der Waals surface area contributed by atoms with Crippen molar-refractivity contribution in [1.82, 2.24) is 5.32 Å². The first-order valence-corrected chi connectivity index (χ1v) is 10.7. The van der Waals surface area contributed by atoms with Crippen LogP contribution in [0.4, 0.5) is 48.3 Å². The van der Waals surface area contributed by atoms with Gasteiger partial charge in [0, 0.05) is 12.1 Å². The highest BCUT2D eigenvalue weighted by Gasteiger charge is 2.57. The highest BCUT2D eigenvalue weighted by atomic mass is 19.4. The maximum absolute atomic E-state index is 13.4. The Hall–Kier alpha value is -2.37. The van der Waals surface area contributed by atoms with E-state index in [-0.39, 0.29) is 6.54 Å². The topological polar surface area (TPSA) is 12.0 Å². The normalized spacial score (nSPS) is 11.9. The Morgan fingerprint density at radius 3 is 1.57 bits per heavy atom. The zero-order valence-corrected chi connectivity index (χ0v) is 18.6. The van der Waals surface area contributed by atoms with Gasteiger partial charge in [0.1, 0.15) is 5.82 Å². The molecule has 0 bridgehead atoms. The van der Waals surface area contributed by atoms with Crippen LogP contribution in [0, 0.1) is 34.9 Å². The molecular formula is C23H24F11N. The number of nitrogens with one attached hydrogen (secondary N) is 1. The maximum Gasteiger partial charge on any atom is 0.469 e. The first-order chi connectivity index (χ1) is 16.3. The molecule has 1 nitrogen and oxygen atoms in total. The minimum atomic E-state index is -5.51. The van der Waals surface area contributed by atoms with Crippen molar-refractivity contribution in [1.29, 1.82) is 0 Å². The number of hydrogen-bond acceptors (Lipinski definition) is 1. The molecule has 2 aromatic carbocycles. The zero-order valence-electron chi connectivity index (χ0n) is 18.6. The maximum atomic E-state index is 13.4. The van der Waals surface area contributed by atoms with Gasteiger partial charge >= 0.3 is 12.2 Å². The van der Waals surface area contributed by atoms with Crippen molar-refractivity contribution in [3.8, 4) is 11.1 Å². The molecule has 0 amide bonds. The Kier molecular flexibility index (Phi) is 12.0. The molecule has 0 atom stereocenters. The fourth-order valence-electron chi connectivity index (χ4n) is 2.93. The predicted molar refractivity (Wildman–Crippen MR) is 109 cm³/mol. The fraction of sp³-hybridized carbons (Fsp3) is 0.478. The second-order valence-corrected chi connectivity index (χ2v) is 7.55. The smallest absolute Gasteiger partial charge is 0.250 e. The lowest BCUT2D eigenvalue weighted by Gasteiger charge is -2.20. The van der Waals surface area contributed by atoms with Gasteiger partial charge in [-0.25, -0.2) is 26.3 Å². The molecule has 1 N–H and O–H groups in total. The van der Waals surface area contributed by atoms with E-state index >= 15 is 0 Å². The van der Waals surface area contributed by atoms with Crippen LogP contribution in [0.3, 0.4) is 0 Å². The molecule has 0 unspecified atom stereocenters. The van der Waals surface area contributed by atoms with E-state index in [0.29, 0.717) is 12.8 Å². The van der Waals surface area contributed by atoms with E-state index in [9.17, 15) is 48.3 Å². The van der Waals surface area contributed by atoms with Crippen molar-refractivity contribution >= 4 is 0 Å². The Bertz CT molecular complexity index is 913. The van der Waals surface area contributed by atoms with E-state index in [1.54, 1.807) is 0 Å². The summed E-state index contributed by atoms with van der Waals surface area (Å²) >= 11 is 0. The largest absolute Gasteiger partial charge is 0.469 e. The lowest BCUT2D eigenvalue weighted by atomic mass is 10.0.